The van der Waals surface area contributed by atoms with E-state index in [0.29, 0.717) is 18.2 Å². The summed E-state index contributed by atoms with van der Waals surface area (Å²) in [7, 11) is 0. The van der Waals surface area contributed by atoms with Crippen LogP contribution >= 0.6 is 27.5 Å². The fourth-order valence-corrected chi connectivity index (χ4v) is 2.75. The van der Waals surface area contributed by atoms with Crippen LogP contribution in [-0.4, -0.2) is 13.2 Å². The van der Waals surface area contributed by atoms with Gasteiger partial charge in [0.05, 0.1) is 13.2 Å². The summed E-state index contributed by atoms with van der Waals surface area (Å²) in [6.45, 7) is 6.77. The molecule has 22 heavy (non-hydrogen) atoms. The highest BCUT2D eigenvalue weighted by atomic mass is 79.9. The molecule has 2 aromatic rings. The summed E-state index contributed by atoms with van der Waals surface area (Å²) in [5, 5.41) is 0.672. The van der Waals surface area contributed by atoms with Crippen LogP contribution in [0.2, 0.25) is 5.02 Å². The van der Waals surface area contributed by atoms with Crippen molar-refractivity contribution in [2.75, 3.05) is 13.2 Å². The minimum absolute atomic E-state index is 0.251. The Kier molecular flexibility index (Phi) is 6.49. The van der Waals surface area contributed by atoms with Gasteiger partial charge in [0.1, 0.15) is 11.9 Å². The number of halogens is 2. The predicted octanol–water partition coefficient (Wildman–Crippen LogP) is 5.79. The summed E-state index contributed by atoms with van der Waals surface area (Å²) in [5.41, 5.74) is 1.94. The lowest BCUT2D eigenvalue weighted by Gasteiger charge is -2.20. The van der Waals surface area contributed by atoms with E-state index < -0.39 is 0 Å². The van der Waals surface area contributed by atoms with Gasteiger partial charge >= 0.3 is 0 Å². The summed E-state index contributed by atoms with van der Waals surface area (Å²) in [4.78, 5) is 0. The number of benzene rings is 2. The van der Waals surface area contributed by atoms with Crippen molar-refractivity contribution in [1.29, 1.82) is 0 Å². The summed E-state index contributed by atoms with van der Waals surface area (Å²) >= 11 is 9.83. The van der Waals surface area contributed by atoms with Crippen molar-refractivity contribution in [3.63, 3.8) is 0 Å². The van der Waals surface area contributed by atoms with Crippen molar-refractivity contribution in [2.24, 2.45) is 0 Å². The molecule has 0 N–H and O–H groups in total. The van der Waals surface area contributed by atoms with Gasteiger partial charge in [0, 0.05) is 15.1 Å². The van der Waals surface area contributed by atoms with E-state index in [9.17, 15) is 0 Å². The zero-order valence-electron chi connectivity index (χ0n) is 12.4. The third-order valence-corrected chi connectivity index (χ3v) is 3.95. The molecule has 0 bridgehead atoms. The summed E-state index contributed by atoms with van der Waals surface area (Å²) in [6, 6.07) is 13.6. The van der Waals surface area contributed by atoms with E-state index in [0.717, 1.165) is 21.3 Å². The van der Waals surface area contributed by atoms with Gasteiger partial charge in [-0.2, -0.15) is 0 Å². The Morgan fingerprint density at radius 1 is 1.23 bits per heavy atom. The van der Waals surface area contributed by atoms with Gasteiger partial charge in [-0.25, -0.2) is 0 Å². The highest BCUT2D eigenvalue weighted by Crippen LogP contribution is 2.34. The molecule has 0 radical (unpaired) electrons. The van der Waals surface area contributed by atoms with E-state index in [1.165, 1.54) is 0 Å². The van der Waals surface area contributed by atoms with Crippen molar-refractivity contribution in [3.05, 3.63) is 75.7 Å². The third kappa shape index (κ3) is 4.35. The molecule has 2 nitrogen and oxygen atoms in total. The molecule has 0 aliphatic rings. The second-order valence-electron chi connectivity index (χ2n) is 4.67. The highest BCUT2D eigenvalue weighted by molar-refractivity contribution is 9.10. The molecule has 116 valence electrons. The first kappa shape index (κ1) is 17.1. The SMILES string of the molecule is C=CCO[C@@H](c1ccc(OCC)cc1)c1cc(Br)ccc1Cl. The van der Waals surface area contributed by atoms with E-state index in [1.54, 1.807) is 6.08 Å². The molecular weight excluding hydrogens is 364 g/mol. The number of hydrogen-bond acceptors (Lipinski definition) is 2. The normalized spacial score (nSPS) is 12.0. The molecule has 0 unspecified atom stereocenters. The first-order valence-corrected chi connectivity index (χ1v) is 8.23. The Morgan fingerprint density at radius 2 is 1.95 bits per heavy atom. The fraction of sp³-hybridized carbons (Fsp3) is 0.222. The Bertz CT molecular complexity index is 625. The molecule has 0 fully saturated rings. The number of rotatable bonds is 7. The van der Waals surface area contributed by atoms with E-state index in [4.69, 9.17) is 21.1 Å². The second-order valence-corrected chi connectivity index (χ2v) is 5.99. The van der Waals surface area contributed by atoms with Gasteiger partial charge in [0.15, 0.2) is 0 Å². The van der Waals surface area contributed by atoms with Gasteiger partial charge < -0.3 is 9.47 Å². The topological polar surface area (TPSA) is 18.5 Å². The van der Waals surface area contributed by atoms with Crippen LogP contribution in [0.3, 0.4) is 0 Å². The van der Waals surface area contributed by atoms with Gasteiger partial charge in [-0.15, -0.1) is 6.58 Å². The van der Waals surface area contributed by atoms with Crippen LogP contribution in [-0.2, 0) is 4.74 Å². The van der Waals surface area contributed by atoms with Crippen molar-refractivity contribution in [2.45, 2.75) is 13.0 Å². The molecule has 4 heteroatoms. The fourth-order valence-electron chi connectivity index (χ4n) is 2.15. The second kappa shape index (κ2) is 8.37. The molecule has 1 atom stereocenters. The predicted molar refractivity (Wildman–Crippen MR) is 94.8 cm³/mol. The monoisotopic (exact) mass is 380 g/mol. The lowest BCUT2D eigenvalue weighted by atomic mass is 10.0. The molecule has 0 amide bonds. The average Bonchev–Trinajstić information content (AvgIpc) is 2.52. The van der Waals surface area contributed by atoms with E-state index in [1.807, 2.05) is 49.4 Å². The molecular formula is C18H18BrClO2. The van der Waals surface area contributed by atoms with Crippen molar-refractivity contribution in [1.82, 2.24) is 0 Å². The van der Waals surface area contributed by atoms with Crippen molar-refractivity contribution < 1.29 is 9.47 Å². The van der Waals surface area contributed by atoms with Gasteiger partial charge in [-0.3, -0.25) is 0 Å². The van der Waals surface area contributed by atoms with E-state index in [2.05, 4.69) is 22.5 Å². The quantitative estimate of drug-likeness (QED) is 0.565. The van der Waals surface area contributed by atoms with Crippen LogP contribution in [0.25, 0.3) is 0 Å². The molecule has 2 aromatic carbocycles. The largest absolute Gasteiger partial charge is 0.494 e. The van der Waals surface area contributed by atoms with Gasteiger partial charge in [-0.05, 0) is 42.8 Å². The first-order chi connectivity index (χ1) is 10.7. The maximum Gasteiger partial charge on any atom is 0.119 e. The number of ether oxygens (including phenoxy) is 2. The summed E-state index contributed by atoms with van der Waals surface area (Å²) in [6.07, 6.45) is 1.48. The number of hydrogen-bond donors (Lipinski definition) is 0. The van der Waals surface area contributed by atoms with Gasteiger partial charge in [-0.1, -0.05) is 45.7 Å². The Morgan fingerprint density at radius 3 is 2.59 bits per heavy atom. The maximum absolute atomic E-state index is 6.35. The van der Waals surface area contributed by atoms with Gasteiger partial charge in [0.2, 0.25) is 0 Å². The third-order valence-electron chi connectivity index (χ3n) is 3.12. The highest BCUT2D eigenvalue weighted by Gasteiger charge is 2.18. The lowest BCUT2D eigenvalue weighted by molar-refractivity contribution is 0.104. The van der Waals surface area contributed by atoms with Gasteiger partial charge in [0.25, 0.3) is 0 Å². The van der Waals surface area contributed by atoms with Crippen LogP contribution in [0.5, 0.6) is 5.75 Å². The van der Waals surface area contributed by atoms with Crippen LogP contribution in [0, 0.1) is 0 Å². The zero-order valence-corrected chi connectivity index (χ0v) is 14.7. The van der Waals surface area contributed by atoms with Crippen molar-refractivity contribution in [3.8, 4) is 5.75 Å². The first-order valence-electron chi connectivity index (χ1n) is 7.06. The van der Waals surface area contributed by atoms with Crippen LogP contribution < -0.4 is 4.74 Å². The molecule has 0 aliphatic heterocycles. The summed E-state index contributed by atoms with van der Waals surface area (Å²) in [5.74, 6) is 0.842. The maximum atomic E-state index is 6.35. The van der Waals surface area contributed by atoms with Crippen LogP contribution in [0.4, 0.5) is 0 Å². The zero-order chi connectivity index (χ0) is 15.9. The lowest BCUT2D eigenvalue weighted by Crippen LogP contribution is -2.07. The Hall–Kier alpha value is -1.29. The standard InChI is InChI=1S/C18H18BrClO2/c1-3-11-22-18(16-12-14(19)7-10-17(16)20)13-5-8-15(9-6-13)21-4-2/h3,5-10,12,18H,1,4,11H2,2H3/t18-/m0/s1. The van der Waals surface area contributed by atoms with E-state index in [-0.39, 0.29) is 6.10 Å². The average molecular weight is 382 g/mol. The Labute approximate surface area is 144 Å². The van der Waals surface area contributed by atoms with Crippen molar-refractivity contribution >= 4 is 27.5 Å². The van der Waals surface area contributed by atoms with Crippen LogP contribution in [0.15, 0.2) is 59.6 Å². The molecule has 0 aliphatic carbocycles. The van der Waals surface area contributed by atoms with Crippen LogP contribution in [0.1, 0.15) is 24.2 Å². The minimum atomic E-state index is -0.251. The molecule has 0 saturated carbocycles. The Balaban J connectivity index is 2.36. The molecule has 0 saturated heterocycles. The summed E-state index contributed by atoms with van der Waals surface area (Å²) < 4.78 is 12.4. The molecule has 0 heterocycles. The molecule has 0 aromatic heterocycles. The smallest absolute Gasteiger partial charge is 0.119 e. The minimum Gasteiger partial charge on any atom is -0.494 e. The molecule has 2 rings (SSSR count). The van der Waals surface area contributed by atoms with E-state index >= 15 is 0 Å². The molecule has 0 spiro atoms.